The van der Waals surface area contributed by atoms with Gasteiger partial charge in [-0.3, -0.25) is 0 Å². The van der Waals surface area contributed by atoms with Gasteiger partial charge in [-0.15, -0.1) is 0 Å². The molecule has 4 aromatic carbocycles. The van der Waals surface area contributed by atoms with Gasteiger partial charge in [0.05, 0.1) is 0 Å². The van der Waals surface area contributed by atoms with E-state index in [4.69, 9.17) is 0 Å². The Morgan fingerprint density at radius 2 is 1.27 bits per heavy atom. The third-order valence-electron chi connectivity index (χ3n) is 5.65. The van der Waals surface area contributed by atoms with E-state index in [0.717, 1.165) is 37.8 Å². The predicted molar refractivity (Wildman–Crippen MR) is 115 cm³/mol. The third-order valence-corrected chi connectivity index (χ3v) is 5.65. The van der Waals surface area contributed by atoms with E-state index < -0.39 is 17.5 Å². The van der Waals surface area contributed by atoms with Crippen molar-refractivity contribution in [3.63, 3.8) is 0 Å². The highest BCUT2D eigenvalue weighted by atomic mass is 19.2. The second-order valence-corrected chi connectivity index (χ2v) is 7.69. The summed E-state index contributed by atoms with van der Waals surface area (Å²) in [6.07, 6.45) is 4.83. The van der Waals surface area contributed by atoms with Crippen LogP contribution in [0.1, 0.15) is 38.2 Å². The van der Waals surface area contributed by atoms with Crippen LogP contribution in [0.2, 0.25) is 0 Å². The largest absolute Gasteiger partial charge is 0.206 e. The molecule has 0 N–H and O–H groups in total. The van der Waals surface area contributed by atoms with Gasteiger partial charge >= 0.3 is 0 Å². The molecule has 4 heteroatoms. The molecule has 4 rings (SSSR count). The van der Waals surface area contributed by atoms with Crippen molar-refractivity contribution in [2.75, 3.05) is 0 Å². The van der Waals surface area contributed by atoms with Gasteiger partial charge in [-0.2, -0.15) is 0 Å². The maximum atomic E-state index is 15.1. The molecule has 0 aliphatic rings. The van der Waals surface area contributed by atoms with Crippen LogP contribution < -0.4 is 0 Å². The highest BCUT2D eigenvalue weighted by Crippen LogP contribution is 2.34. The molecule has 0 nitrogen and oxygen atoms in total. The normalized spacial score (nSPS) is 11.5. The molecule has 30 heavy (non-hydrogen) atoms. The zero-order valence-corrected chi connectivity index (χ0v) is 16.7. The summed E-state index contributed by atoms with van der Waals surface area (Å²) in [6.45, 7) is 2.13. The van der Waals surface area contributed by atoms with Crippen molar-refractivity contribution < 1.29 is 17.6 Å². The van der Waals surface area contributed by atoms with Crippen LogP contribution in [-0.2, 0) is 6.42 Å². The van der Waals surface area contributed by atoms with Crippen molar-refractivity contribution >= 4 is 21.5 Å². The summed E-state index contributed by atoms with van der Waals surface area (Å²) >= 11 is 0. The summed E-state index contributed by atoms with van der Waals surface area (Å²) in [6, 6.07) is 13.4. The van der Waals surface area contributed by atoms with Crippen molar-refractivity contribution in [3.05, 3.63) is 83.4 Å². The fourth-order valence-electron chi connectivity index (χ4n) is 3.99. The van der Waals surface area contributed by atoms with Crippen LogP contribution in [0.5, 0.6) is 0 Å². The molecule has 0 spiro atoms. The zero-order valence-electron chi connectivity index (χ0n) is 16.7. The molecule has 0 saturated heterocycles. The topological polar surface area (TPSA) is 0 Å². The maximum Gasteiger partial charge on any atom is 0.159 e. The SMILES string of the molecule is CCCCCCc1ccc2c(cc(F)c3cc(-c4ccc(F)c(F)c4)ccc32)c1F. The van der Waals surface area contributed by atoms with E-state index in [0.29, 0.717) is 39.3 Å². The van der Waals surface area contributed by atoms with Crippen LogP contribution >= 0.6 is 0 Å². The molecule has 0 bridgehead atoms. The first-order valence-corrected chi connectivity index (χ1v) is 10.3. The average molecular weight is 410 g/mol. The van der Waals surface area contributed by atoms with E-state index in [1.165, 1.54) is 12.1 Å². The van der Waals surface area contributed by atoms with Crippen LogP contribution in [0, 0.1) is 23.3 Å². The molecular weight excluding hydrogens is 388 g/mol. The van der Waals surface area contributed by atoms with Crippen molar-refractivity contribution in [2.45, 2.75) is 39.0 Å². The lowest BCUT2D eigenvalue weighted by atomic mass is 9.94. The summed E-state index contributed by atoms with van der Waals surface area (Å²) in [4.78, 5) is 0. The van der Waals surface area contributed by atoms with Gasteiger partial charge in [0.2, 0.25) is 0 Å². The van der Waals surface area contributed by atoms with E-state index >= 15 is 4.39 Å². The molecule has 0 radical (unpaired) electrons. The molecule has 0 fully saturated rings. The van der Waals surface area contributed by atoms with E-state index in [2.05, 4.69) is 6.92 Å². The molecule has 0 heterocycles. The Labute approximate surface area is 173 Å². The molecule has 154 valence electrons. The van der Waals surface area contributed by atoms with E-state index in [9.17, 15) is 13.2 Å². The Hall–Kier alpha value is -2.88. The lowest BCUT2D eigenvalue weighted by molar-refractivity contribution is 0.509. The average Bonchev–Trinajstić information content (AvgIpc) is 2.75. The van der Waals surface area contributed by atoms with E-state index in [-0.39, 0.29) is 11.2 Å². The molecule has 0 aliphatic heterocycles. The maximum absolute atomic E-state index is 15.1. The minimum absolute atomic E-state index is 0.272. The van der Waals surface area contributed by atoms with Crippen LogP contribution in [0.3, 0.4) is 0 Å². The molecule has 4 aromatic rings. The summed E-state index contributed by atoms with van der Waals surface area (Å²) in [5.74, 6) is -2.80. The number of hydrogen-bond donors (Lipinski definition) is 0. The lowest BCUT2D eigenvalue weighted by Crippen LogP contribution is -1.95. The number of aryl methyl sites for hydroxylation is 1. The first kappa shape index (κ1) is 20.4. The smallest absolute Gasteiger partial charge is 0.159 e. The van der Waals surface area contributed by atoms with Gasteiger partial charge in [0, 0.05) is 10.8 Å². The number of fused-ring (bicyclic) bond motifs is 3. The molecule has 0 atom stereocenters. The first-order chi connectivity index (χ1) is 14.5. The molecule has 0 amide bonds. The van der Waals surface area contributed by atoms with Crippen molar-refractivity contribution in [1.82, 2.24) is 0 Å². The fourth-order valence-corrected chi connectivity index (χ4v) is 3.99. The van der Waals surface area contributed by atoms with Crippen LogP contribution in [0.25, 0.3) is 32.7 Å². The number of halogens is 4. The molecular formula is C26H22F4. The minimum Gasteiger partial charge on any atom is -0.206 e. The second-order valence-electron chi connectivity index (χ2n) is 7.69. The Kier molecular flexibility index (Phi) is 5.76. The van der Waals surface area contributed by atoms with Crippen molar-refractivity contribution in [3.8, 4) is 11.1 Å². The van der Waals surface area contributed by atoms with E-state index in [1.807, 2.05) is 6.07 Å². The number of rotatable bonds is 6. The predicted octanol–water partition coefficient (Wildman–Crippen LogP) is 8.34. The van der Waals surface area contributed by atoms with Gasteiger partial charge in [0.25, 0.3) is 0 Å². The second kappa shape index (κ2) is 8.47. The van der Waals surface area contributed by atoms with Gasteiger partial charge in [-0.25, -0.2) is 17.6 Å². The van der Waals surface area contributed by atoms with Gasteiger partial charge < -0.3 is 0 Å². The van der Waals surface area contributed by atoms with E-state index in [1.54, 1.807) is 24.3 Å². The fraction of sp³-hybridized carbons (Fsp3) is 0.231. The Morgan fingerprint density at radius 3 is 2.03 bits per heavy atom. The van der Waals surface area contributed by atoms with Crippen molar-refractivity contribution in [1.29, 1.82) is 0 Å². The van der Waals surface area contributed by atoms with Crippen LogP contribution in [-0.4, -0.2) is 0 Å². The zero-order chi connectivity index (χ0) is 21.3. The van der Waals surface area contributed by atoms with Gasteiger partial charge in [0.1, 0.15) is 11.6 Å². The number of hydrogen-bond acceptors (Lipinski definition) is 0. The molecule has 0 aliphatic carbocycles. The Bertz CT molecular complexity index is 1230. The summed E-state index contributed by atoms with van der Waals surface area (Å²) in [7, 11) is 0. The molecule has 0 aromatic heterocycles. The minimum atomic E-state index is -0.958. The van der Waals surface area contributed by atoms with Gasteiger partial charge in [-0.1, -0.05) is 56.5 Å². The third kappa shape index (κ3) is 3.79. The molecule has 0 unspecified atom stereocenters. The quantitative estimate of drug-likeness (QED) is 0.170. The van der Waals surface area contributed by atoms with Crippen LogP contribution in [0.4, 0.5) is 17.6 Å². The van der Waals surface area contributed by atoms with Crippen molar-refractivity contribution in [2.24, 2.45) is 0 Å². The van der Waals surface area contributed by atoms with Gasteiger partial charge in [0.15, 0.2) is 11.6 Å². The standard InChI is InChI=1S/C26H22F4/c1-2-3-4-5-6-16-7-10-20-19-11-8-17(18-9-12-23(27)25(29)14-18)13-21(19)24(28)15-22(20)26(16)30/h7-15H,2-6H2,1H3. The Balaban J connectivity index is 1.78. The Morgan fingerprint density at radius 1 is 0.567 bits per heavy atom. The highest BCUT2D eigenvalue weighted by Gasteiger charge is 2.14. The number of benzene rings is 4. The first-order valence-electron chi connectivity index (χ1n) is 10.3. The summed E-state index contributed by atoms with van der Waals surface area (Å²) in [5.41, 5.74) is 1.62. The lowest BCUT2D eigenvalue weighted by Gasteiger charge is -2.12. The monoisotopic (exact) mass is 410 g/mol. The summed E-state index contributed by atoms with van der Waals surface area (Å²) < 4.78 is 56.8. The summed E-state index contributed by atoms with van der Waals surface area (Å²) in [5, 5.41) is 1.82. The molecule has 0 saturated carbocycles. The highest BCUT2D eigenvalue weighted by molar-refractivity contribution is 6.09. The van der Waals surface area contributed by atoms with Crippen LogP contribution in [0.15, 0.2) is 54.6 Å². The number of unbranched alkanes of at least 4 members (excludes halogenated alkanes) is 3. The van der Waals surface area contributed by atoms with Gasteiger partial charge in [-0.05, 0) is 64.6 Å².